The highest BCUT2D eigenvalue weighted by Gasteiger charge is 2.16. The maximum atomic E-state index is 5.41. The van der Waals surface area contributed by atoms with E-state index >= 15 is 0 Å². The summed E-state index contributed by atoms with van der Waals surface area (Å²) >= 11 is 4.43. The summed E-state index contributed by atoms with van der Waals surface area (Å²) < 4.78 is 7.16. The molecule has 0 amide bonds. The van der Waals surface area contributed by atoms with Gasteiger partial charge in [-0.2, -0.15) is 0 Å². The number of para-hydroxylation sites is 2. The van der Waals surface area contributed by atoms with E-state index in [0.717, 1.165) is 22.7 Å². The Balaban J connectivity index is 2.19. The topological polar surface area (TPSA) is 39.9 Å². The van der Waals surface area contributed by atoms with Crippen molar-refractivity contribution in [2.24, 2.45) is 0 Å². The number of aryl methyl sites for hydroxylation is 1. The second-order valence-electron chi connectivity index (χ2n) is 4.71. The minimum absolute atomic E-state index is 0.588. The van der Waals surface area contributed by atoms with Gasteiger partial charge in [0.2, 0.25) is 0 Å². The molecule has 4 nitrogen and oxygen atoms in total. The van der Waals surface area contributed by atoms with E-state index < -0.39 is 0 Å². The molecule has 0 N–H and O–H groups in total. The highest BCUT2D eigenvalue weighted by molar-refractivity contribution is 7.80. The summed E-state index contributed by atoms with van der Waals surface area (Å²) in [6.07, 6.45) is 0. The largest absolute Gasteiger partial charge is 0.494 e. The van der Waals surface area contributed by atoms with Crippen LogP contribution in [-0.2, 0) is 0 Å². The van der Waals surface area contributed by atoms with Gasteiger partial charge in [-0.25, -0.2) is 4.68 Å². The van der Waals surface area contributed by atoms with Gasteiger partial charge in [0.1, 0.15) is 22.2 Å². The molecule has 1 aromatic heterocycles. The molecule has 0 unspecified atom stereocenters. The smallest absolute Gasteiger partial charge is 0.144 e. The number of aromatic nitrogens is 3. The summed E-state index contributed by atoms with van der Waals surface area (Å²) in [5.74, 6) is 0.740. The fraction of sp³-hybridized carbons (Fsp3) is 0.125. The van der Waals surface area contributed by atoms with Crippen molar-refractivity contribution in [3.8, 4) is 22.7 Å². The summed E-state index contributed by atoms with van der Waals surface area (Å²) in [5, 5.41) is 8.88. The normalized spacial score (nSPS) is 10.6. The van der Waals surface area contributed by atoms with Crippen LogP contribution in [0.2, 0.25) is 0 Å². The number of hydrogen-bond donors (Lipinski definition) is 1. The summed E-state index contributed by atoms with van der Waals surface area (Å²) in [4.78, 5) is 0. The van der Waals surface area contributed by atoms with Gasteiger partial charge < -0.3 is 4.74 Å². The molecule has 21 heavy (non-hydrogen) atoms. The molecule has 0 aliphatic carbocycles. The maximum absolute atomic E-state index is 5.41. The van der Waals surface area contributed by atoms with Crippen LogP contribution in [0.15, 0.2) is 53.6 Å². The van der Waals surface area contributed by atoms with E-state index in [1.165, 1.54) is 5.56 Å². The average molecular weight is 297 g/mol. The molecule has 0 spiro atoms. The van der Waals surface area contributed by atoms with Crippen molar-refractivity contribution >= 4 is 12.6 Å². The highest BCUT2D eigenvalue weighted by atomic mass is 32.1. The first-order chi connectivity index (χ1) is 10.2. The predicted molar refractivity (Wildman–Crippen MR) is 85.3 cm³/mol. The summed E-state index contributed by atoms with van der Waals surface area (Å²) in [6.45, 7) is 2.06. The van der Waals surface area contributed by atoms with E-state index in [9.17, 15) is 0 Å². The van der Waals surface area contributed by atoms with Crippen LogP contribution in [0, 0.1) is 6.92 Å². The van der Waals surface area contributed by atoms with Crippen molar-refractivity contribution in [2.75, 3.05) is 7.11 Å². The van der Waals surface area contributed by atoms with Crippen molar-refractivity contribution in [1.82, 2.24) is 15.0 Å². The first-order valence-corrected chi connectivity index (χ1v) is 7.00. The Morgan fingerprint density at radius 3 is 2.48 bits per heavy atom. The minimum atomic E-state index is 0.588. The number of thiol groups is 1. The lowest BCUT2D eigenvalue weighted by atomic mass is 10.1. The van der Waals surface area contributed by atoms with Gasteiger partial charge in [-0.1, -0.05) is 47.2 Å². The molecule has 0 bridgehead atoms. The monoisotopic (exact) mass is 297 g/mol. The molecule has 3 rings (SSSR count). The van der Waals surface area contributed by atoms with Gasteiger partial charge >= 0.3 is 0 Å². The lowest BCUT2D eigenvalue weighted by Gasteiger charge is -2.11. The molecule has 0 radical (unpaired) electrons. The fourth-order valence-corrected chi connectivity index (χ4v) is 2.47. The van der Waals surface area contributed by atoms with Crippen LogP contribution in [-0.4, -0.2) is 22.1 Å². The molecule has 106 valence electrons. The van der Waals surface area contributed by atoms with Gasteiger partial charge in [0.15, 0.2) is 0 Å². The van der Waals surface area contributed by atoms with Crippen LogP contribution in [0.3, 0.4) is 0 Å². The summed E-state index contributed by atoms with van der Waals surface area (Å²) in [6, 6.07) is 15.9. The zero-order chi connectivity index (χ0) is 14.8. The van der Waals surface area contributed by atoms with Gasteiger partial charge in [-0.3, -0.25) is 0 Å². The predicted octanol–water partition coefficient (Wildman–Crippen LogP) is 3.54. The van der Waals surface area contributed by atoms with Gasteiger partial charge in [0.25, 0.3) is 0 Å². The van der Waals surface area contributed by atoms with E-state index in [2.05, 4.69) is 42.0 Å². The molecule has 0 saturated carbocycles. The molecule has 1 heterocycles. The molecule has 0 fully saturated rings. The standard InChI is InChI=1S/C16H15N3OS/c1-11-7-9-12(10-8-11)15-16(21)17-18-19(15)13-5-3-4-6-14(13)20-2/h3-10,21H,1-2H3. The number of nitrogens with zero attached hydrogens (tertiary/aromatic N) is 3. The van der Waals surface area contributed by atoms with Crippen LogP contribution < -0.4 is 4.74 Å². The molecule has 0 atom stereocenters. The van der Waals surface area contributed by atoms with Gasteiger partial charge in [0.05, 0.1) is 7.11 Å². The molecule has 2 aromatic carbocycles. The molecular weight excluding hydrogens is 282 g/mol. The summed E-state index contributed by atoms with van der Waals surface area (Å²) in [5.41, 5.74) is 3.91. The fourth-order valence-electron chi connectivity index (χ4n) is 2.21. The van der Waals surface area contributed by atoms with Crippen molar-refractivity contribution in [3.63, 3.8) is 0 Å². The molecule has 5 heteroatoms. The summed E-state index contributed by atoms with van der Waals surface area (Å²) in [7, 11) is 1.64. The Kier molecular flexibility index (Phi) is 3.66. The second kappa shape index (κ2) is 5.61. The number of rotatable bonds is 3. The molecule has 0 saturated heterocycles. The van der Waals surface area contributed by atoms with Crippen LogP contribution in [0.5, 0.6) is 5.75 Å². The maximum Gasteiger partial charge on any atom is 0.144 e. The van der Waals surface area contributed by atoms with Crippen LogP contribution in [0.4, 0.5) is 0 Å². The Bertz CT molecular complexity index is 765. The quantitative estimate of drug-likeness (QED) is 0.752. The Labute approximate surface area is 128 Å². The van der Waals surface area contributed by atoms with Crippen molar-refractivity contribution in [2.45, 2.75) is 11.9 Å². The van der Waals surface area contributed by atoms with E-state index in [1.807, 2.05) is 36.4 Å². The zero-order valence-corrected chi connectivity index (χ0v) is 12.7. The first-order valence-electron chi connectivity index (χ1n) is 6.56. The van der Waals surface area contributed by atoms with Gasteiger partial charge in [-0.05, 0) is 19.1 Å². The Morgan fingerprint density at radius 1 is 1.05 bits per heavy atom. The highest BCUT2D eigenvalue weighted by Crippen LogP contribution is 2.31. The lowest BCUT2D eigenvalue weighted by Crippen LogP contribution is -2.02. The van der Waals surface area contributed by atoms with Gasteiger partial charge in [-0.15, -0.1) is 17.7 Å². The molecule has 0 aliphatic rings. The van der Waals surface area contributed by atoms with Crippen molar-refractivity contribution < 1.29 is 4.74 Å². The third-order valence-corrected chi connectivity index (χ3v) is 3.59. The number of benzene rings is 2. The van der Waals surface area contributed by atoms with Crippen molar-refractivity contribution in [3.05, 3.63) is 54.1 Å². The SMILES string of the molecule is COc1ccccc1-n1nnc(S)c1-c1ccc(C)cc1. The van der Waals surface area contributed by atoms with Crippen molar-refractivity contribution in [1.29, 1.82) is 0 Å². The third-order valence-electron chi connectivity index (χ3n) is 3.29. The Hall–Kier alpha value is -2.27. The molecule has 0 aliphatic heterocycles. The molecule has 3 aromatic rings. The number of hydrogen-bond acceptors (Lipinski definition) is 4. The third kappa shape index (κ3) is 2.52. The van der Waals surface area contributed by atoms with E-state index in [0.29, 0.717) is 5.03 Å². The second-order valence-corrected chi connectivity index (χ2v) is 5.13. The van der Waals surface area contributed by atoms with Crippen LogP contribution >= 0.6 is 12.6 Å². The Morgan fingerprint density at radius 2 is 1.76 bits per heavy atom. The number of ether oxygens (including phenoxy) is 1. The first kappa shape index (κ1) is 13.7. The number of methoxy groups -OCH3 is 1. The van der Waals surface area contributed by atoms with Crippen LogP contribution in [0.25, 0.3) is 16.9 Å². The van der Waals surface area contributed by atoms with Gasteiger partial charge in [0, 0.05) is 5.56 Å². The van der Waals surface area contributed by atoms with E-state index in [4.69, 9.17) is 4.74 Å². The van der Waals surface area contributed by atoms with E-state index in [-0.39, 0.29) is 0 Å². The molecular formula is C16H15N3OS. The zero-order valence-electron chi connectivity index (χ0n) is 11.8. The lowest BCUT2D eigenvalue weighted by molar-refractivity contribution is 0.411. The van der Waals surface area contributed by atoms with E-state index in [1.54, 1.807) is 11.8 Å². The van der Waals surface area contributed by atoms with Crippen LogP contribution in [0.1, 0.15) is 5.56 Å². The average Bonchev–Trinajstić information content (AvgIpc) is 2.90. The minimum Gasteiger partial charge on any atom is -0.494 e.